The third kappa shape index (κ3) is 2.30. The third-order valence-corrected chi connectivity index (χ3v) is 3.15. The van der Waals surface area contributed by atoms with Crippen LogP contribution in [0.3, 0.4) is 0 Å². The van der Waals surface area contributed by atoms with Crippen molar-refractivity contribution in [3.05, 3.63) is 29.8 Å². The highest BCUT2D eigenvalue weighted by Crippen LogP contribution is 2.20. The van der Waals surface area contributed by atoms with Crippen molar-refractivity contribution in [1.82, 2.24) is 4.90 Å². The maximum absolute atomic E-state index is 12.0. The number of hydrogen-bond donors (Lipinski definition) is 1. The van der Waals surface area contributed by atoms with E-state index in [1.165, 1.54) is 0 Å². The molecule has 0 spiro atoms. The molecule has 1 aliphatic heterocycles. The van der Waals surface area contributed by atoms with Gasteiger partial charge in [-0.3, -0.25) is 9.59 Å². The molecule has 1 aliphatic rings. The first-order valence-corrected chi connectivity index (χ1v) is 5.71. The second-order valence-electron chi connectivity index (χ2n) is 4.41. The summed E-state index contributed by atoms with van der Waals surface area (Å²) in [6, 6.07) is 7.55. The van der Waals surface area contributed by atoms with Gasteiger partial charge in [-0.2, -0.15) is 0 Å². The van der Waals surface area contributed by atoms with Gasteiger partial charge < -0.3 is 10.2 Å². The minimum atomic E-state index is -0.528. The molecule has 1 unspecified atom stereocenters. The molecule has 0 bridgehead atoms. The van der Waals surface area contributed by atoms with E-state index in [1.807, 2.05) is 31.2 Å². The first-order chi connectivity index (χ1) is 8.09. The lowest BCUT2D eigenvalue weighted by Crippen LogP contribution is -2.31. The van der Waals surface area contributed by atoms with Crippen molar-refractivity contribution in [1.29, 1.82) is 0 Å². The van der Waals surface area contributed by atoms with Crippen molar-refractivity contribution in [2.45, 2.75) is 13.3 Å². The zero-order valence-electron chi connectivity index (χ0n) is 10.1. The van der Waals surface area contributed by atoms with Crippen LogP contribution in [-0.4, -0.2) is 30.3 Å². The van der Waals surface area contributed by atoms with Crippen molar-refractivity contribution in [3.63, 3.8) is 0 Å². The van der Waals surface area contributed by atoms with Crippen LogP contribution in [-0.2, 0) is 9.59 Å². The molecule has 1 aromatic carbocycles. The van der Waals surface area contributed by atoms with Gasteiger partial charge in [0, 0.05) is 19.3 Å². The molecule has 2 amide bonds. The van der Waals surface area contributed by atoms with E-state index in [2.05, 4.69) is 5.32 Å². The van der Waals surface area contributed by atoms with Gasteiger partial charge in [-0.05, 0) is 25.0 Å². The summed E-state index contributed by atoms with van der Waals surface area (Å²) in [6.45, 7) is 2.59. The van der Waals surface area contributed by atoms with Crippen LogP contribution in [0, 0.1) is 12.8 Å². The fourth-order valence-corrected chi connectivity index (χ4v) is 2.00. The Balaban J connectivity index is 2.08. The fraction of sp³-hybridized carbons (Fsp3) is 0.385. The minimum Gasteiger partial charge on any atom is -0.345 e. The molecular weight excluding hydrogens is 216 g/mol. The predicted molar refractivity (Wildman–Crippen MR) is 65.6 cm³/mol. The van der Waals surface area contributed by atoms with E-state index in [-0.39, 0.29) is 11.8 Å². The second-order valence-corrected chi connectivity index (χ2v) is 4.41. The molecule has 0 aliphatic carbocycles. The number of likely N-dealkylation sites (tertiary alicyclic amines) is 1. The van der Waals surface area contributed by atoms with Gasteiger partial charge in [0.15, 0.2) is 0 Å². The van der Waals surface area contributed by atoms with E-state index in [4.69, 9.17) is 0 Å². The second kappa shape index (κ2) is 4.57. The Labute approximate surface area is 101 Å². The number of para-hydroxylation sites is 1. The monoisotopic (exact) mass is 232 g/mol. The Kier molecular flexibility index (Phi) is 3.13. The lowest BCUT2D eigenvalue weighted by molar-refractivity contribution is -0.134. The summed E-state index contributed by atoms with van der Waals surface area (Å²) in [7, 11) is 1.73. The number of nitrogens with one attached hydrogen (secondary N) is 1. The van der Waals surface area contributed by atoms with E-state index in [1.54, 1.807) is 11.9 Å². The van der Waals surface area contributed by atoms with Crippen molar-refractivity contribution in [2.24, 2.45) is 5.92 Å². The Morgan fingerprint density at radius 1 is 1.41 bits per heavy atom. The number of amides is 2. The maximum atomic E-state index is 12.0. The standard InChI is InChI=1S/C13H16N2O2/c1-9-5-3-4-6-11(9)14-12(16)10-7-8-15(2)13(10)17/h3-6,10H,7-8H2,1-2H3,(H,14,16). The Bertz CT molecular complexity index is 456. The van der Waals surface area contributed by atoms with Crippen LogP contribution < -0.4 is 5.32 Å². The lowest BCUT2D eigenvalue weighted by atomic mass is 10.1. The van der Waals surface area contributed by atoms with E-state index < -0.39 is 5.92 Å². The zero-order chi connectivity index (χ0) is 12.4. The fourth-order valence-electron chi connectivity index (χ4n) is 2.00. The molecule has 1 heterocycles. The highest BCUT2D eigenvalue weighted by molar-refractivity contribution is 6.07. The van der Waals surface area contributed by atoms with Crippen LogP contribution in [0.15, 0.2) is 24.3 Å². The molecule has 1 N–H and O–H groups in total. The smallest absolute Gasteiger partial charge is 0.237 e. The summed E-state index contributed by atoms with van der Waals surface area (Å²) in [4.78, 5) is 25.3. The van der Waals surface area contributed by atoms with Gasteiger partial charge in [0.25, 0.3) is 0 Å². The van der Waals surface area contributed by atoms with Gasteiger partial charge in [-0.25, -0.2) is 0 Å². The average molecular weight is 232 g/mol. The minimum absolute atomic E-state index is 0.0870. The lowest BCUT2D eigenvalue weighted by Gasteiger charge is -2.12. The molecule has 4 heteroatoms. The number of carbonyl (C=O) groups is 2. The van der Waals surface area contributed by atoms with Crippen LogP contribution in [0.5, 0.6) is 0 Å². The van der Waals surface area contributed by atoms with Gasteiger partial charge in [0.1, 0.15) is 5.92 Å². The molecule has 1 atom stereocenters. The van der Waals surface area contributed by atoms with Crippen LogP contribution in [0.2, 0.25) is 0 Å². The molecule has 0 aromatic heterocycles. The molecule has 1 saturated heterocycles. The van der Waals surface area contributed by atoms with E-state index >= 15 is 0 Å². The Morgan fingerprint density at radius 3 is 2.71 bits per heavy atom. The summed E-state index contributed by atoms with van der Waals surface area (Å²) in [5.41, 5.74) is 1.78. The van der Waals surface area contributed by atoms with Crippen LogP contribution in [0.25, 0.3) is 0 Å². The zero-order valence-corrected chi connectivity index (χ0v) is 10.1. The van der Waals surface area contributed by atoms with Gasteiger partial charge >= 0.3 is 0 Å². The molecule has 0 saturated carbocycles. The van der Waals surface area contributed by atoms with Crippen molar-refractivity contribution < 1.29 is 9.59 Å². The largest absolute Gasteiger partial charge is 0.345 e. The van der Waals surface area contributed by atoms with Crippen LogP contribution in [0.1, 0.15) is 12.0 Å². The number of aryl methyl sites for hydroxylation is 1. The number of anilines is 1. The highest BCUT2D eigenvalue weighted by Gasteiger charge is 2.34. The van der Waals surface area contributed by atoms with Crippen LogP contribution in [0.4, 0.5) is 5.69 Å². The third-order valence-electron chi connectivity index (χ3n) is 3.15. The summed E-state index contributed by atoms with van der Waals surface area (Å²) in [6.07, 6.45) is 0.604. The average Bonchev–Trinajstić information content (AvgIpc) is 2.63. The molecule has 90 valence electrons. The van der Waals surface area contributed by atoms with Crippen molar-refractivity contribution in [2.75, 3.05) is 18.9 Å². The SMILES string of the molecule is Cc1ccccc1NC(=O)C1CCN(C)C1=O. The first-order valence-electron chi connectivity index (χ1n) is 5.71. The molecular formula is C13H16N2O2. The summed E-state index contributed by atoms with van der Waals surface area (Å²) >= 11 is 0. The van der Waals surface area contributed by atoms with E-state index in [0.717, 1.165) is 11.3 Å². The Morgan fingerprint density at radius 2 is 2.12 bits per heavy atom. The quantitative estimate of drug-likeness (QED) is 0.784. The number of rotatable bonds is 2. The van der Waals surface area contributed by atoms with Gasteiger partial charge in [0.05, 0.1) is 0 Å². The molecule has 1 aromatic rings. The first kappa shape index (κ1) is 11.6. The molecule has 2 rings (SSSR count). The molecule has 0 radical (unpaired) electrons. The Hall–Kier alpha value is -1.84. The number of benzene rings is 1. The predicted octanol–water partition coefficient (Wildman–Crippen LogP) is 1.41. The maximum Gasteiger partial charge on any atom is 0.237 e. The summed E-state index contributed by atoms with van der Waals surface area (Å²) in [5.74, 6) is -0.815. The molecule has 4 nitrogen and oxygen atoms in total. The molecule has 1 fully saturated rings. The van der Waals surface area contributed by atoms with E-state index in [9.17, 15) is 9.59 Å². The van der Waals surface area contributed by atoms with Crippen molar-refractivity contribution >= 4 is 17.5 Å². The van der Waals surface area contributed by atoms with Gasteiger partial charge in [0.2, 0.25) is 11.8 Å². The topological polar surface area (TPSA) is 49.4 Å². The van der Waals surface area contributed by atoms with E-state index in [0.29, 0.717) is 13.0 Å². The normalized spacial score (nSPS) is 19.5. The summed E-state index contributed by atoms with van der Waals surface area (Å²) < 4.78 is 0. The van der Waals surface area contributed by atoms with Crippen LogP contribution >= 0.6 is 0 Å². The van der Waals surface area contributed by atoms with Crippen molar-refractivity contribution in [3.8, 4) is 0 Å². The summed E-state index contributed by atoms with van der Waals surface area (Å²) in [5, 5.41) is 2.82. The number of nitrogens with zero attached hydrogens (tertiary/aromatic N) is 1. The molecule has 17 heavy (non-hydrogen) atoms. The number of hydrogen-bond acceptors (Lipinski definition) is 2. The highest BCUT2D eigenvalue weighted by atomic mass is 16.2. The van der Waals surface area contributed by atoms with Gasteiger partial charge in [-0.15, -0.1) is 0 Å². The number of carbonyl (C=O) groups excluding carboxylic acids is 2. The van der Waals surface area contributed by atoms with Gasteiger partial charge in [-0.1, -0.05) is 18.2 Å².